The van der Waals surface area contributed by atoms with Gasteiger partial charge in [0.05, 0.1) is 11.6 Å². The highest BCUT2D eigenvalue weighted by Gasteiger charge is 2.66. The number of carbonyl (C=O) groups excluding carboxylic acids is 4. The van der Waals surface area contributed by atoms with Gasteiger partial charge in [-0.3, -0.25) is 19.2 Å². The summed E-state index contributed by atoms with van der Waals surface area (Å²) in [4.78, 5) is 63.8. The number of hydrogen-bond donors (Lipinski definition) is 0. The van der Waals surface area contributed by atoms with Crippen molar-refractivity contribution in [2.24, 2.45) is 10.8 Å². The Morgan fingerprint density at radius 2 is 1.80 bits per heavy atom. The van der Waals surface area contributed by atoms with E-state index in [1.54, 1.807) is 18.6 Å². The molecule has 9 heteroatoms. The van der Waals surface area contributed by atoms with Gasteiger partial charge in [0, 0.05) is 54.8 Å². The van der Waals surface area contributed by atoms with Crippen molar-refractivity contribution < 1.29 is 23.9 Å². The van der Waals surface area contributed by atoms with Gasteiger partial charge in [-0.05, 0) is 86.5 Å². The fourth-order valence-electron chi connectivity index (χ4n) is 7.80. The van der Waals surface area contributed by atoms with Gasteiger partial charge in [0.15, 0.2) is 11.6 Å². The lowest BCUT2D eigenvalue weighted by atomic mass is 9.80. The normalized spacial score (nSPS) is 25.1. The molecule has 1 saturated carbocycles. The van der Waals surface area contributed by atoms with Crippen LogP contribution in [0, 0.1) is 17.8 Å². The Morgan fingerprint density at radius 3 is 2.51 bits per heavy atom. The van der Waals surface area contributed by atoms with Crippen molar-refractivity contribution in [2.75, 3.05) is 0 Å². The summed E-state index contributed by atoms with van der Waals surface area (Å²) >= 11 is 0. The van der Waals surface area contributed by atoms with E-state index < -0.39 is 6.04 Å². The number of aromatic nitrogens is 3. The summed E-state index contributed by atoms with van der Waals surface area (Å²) in [6, 6.07) is 3.53. The van der Waals surface area contributed by atoms with Crippen molar-refractivity contribution in [3.63, 3.8) is 0 Å². The van der Waals surface area contributed by atoms with Crippen molar-refractivity contribution in [3.05, 3.63) is 47.4 Å². The molecule has 1 saturated heterocycles. The van der Waals surface area contributed by atoms with Crippen LogP contribution in [0.15, 0.2) is 30.7 Å². The number of benzene rings is 1. The van der Waals surface area contributed by atoms with Crippen molar-refractivity contribution in [1.82, 2.24) is 19.4 Å². The van der Waals surface area contributed by atoms with E-state index in [2.05, 4.69) is 23.8 Å². The molecule has 0 unspecified atom stereocenters. The van der Waals surface area contributed by atoms with Crippen molar-refractivity contribution >= 4 is 34.2 Å². The second-order valence-electron chi connectivity index (χ2n) is 14.4. The molecule has 9 nitrogen and oxygen atoms in total. The van der Waals surface area contributed by atoms with Crippen LogP contribution in [0.4, 0.5) is 0 Å². The monoisotopic (exact) mass is 612 g/mol. The summed E-state index contributed by atoms with van der Waals surface area (Å²) in [5, 5.41) is 0.724. The fourth-order valence-corrected chi connectivity index (χ4v) is 7.80. The molecule has 0 spiro atoms. The van der Waals surface area contributed by atoms with Gasteiger partial charge in [-0.1, -0.05) is 27.2 Å². The number of amides is 1. The molecule has 3 aromatic rings. The number of ether oxygens (including phenoxy) is 1. The lowest BCUT2D eigenvalue weighted by molar-refractivity contribution is -0.139. The maximum atomic E-state index is 14.2. The Labute approximate surface area is 264 Å². The Morgan fingerprint density at radius 1 is 1.04 bits per heavy atom. The quantitative estimate of drug-likeness (QED) is 0.300. The second-order valence-corrected chi connectivity index (χ2v) is 14.4. The molecule has 0 N–H and O–H groups in total. The molecule has 1 aliphatic carbocycles. The largest absolute Gasteiger partial charge is 0.424 e. The summed E-state index contributed by atoms with van der Waals surface area (Å²) in [5.74, 6) is 0.648. The first-order valence-electron chi connectivity index (χ1n) is 16.4. The minimum Gasteiger partial charge on any atom is -0.424 e. The molecule has 0 radical (unpaired) electrons. The number of carbonyl (C=O) groups is 4. The molecule has 45 heavy (non-hydrogen) atoms. The highest BCUT2D eigenvalue weighted by molar-refractivity contribution is 6.08. The van der Waals surface area contributed by atoms with Crippen molar-refractivity contribution in [1.29, 1.82) is 0 Å². The molecule has 2 aliphatic heterocycles. The second kappa shape index (κ2) is 11.8. The molecule has 1 aromatic carbocycles. The van der Waals surface area contributed by atoms with Gasteiger partial charge >= 0.3 is 6.01 Å². The number of hydrogen-bond acceptors (Lipinski definition) is 7. The Balaban J connectivity index is 1.43. The minimum atomic E-state index is -0.463. The predicted octanol–water partition coefficient (Wildman–Crippen LogP) is 6.57. The molecule has 3 atom stereocenters. The Hall–Kier alpha value is -3.88. The van der Waals surface area contributed by atoms with Crippen LogP contribution in [0.25, 0.3) is 10.9 Å². The molecule has 4 heterocycles. The van der Waals surface area contributed by atoms with E-state index in [0.29, 0.717) is 43.4 Å². The Kier molecular flexibility index (Phi) is 8.16. The lowest BCUT2D eigenvalue weighted by Crippen LogP contribution is -2.44. The number of aryl methyl sites for hydroxylation is 2. The van der Waals surface area contributed by atoms with Crippen LogP contribution in [-0.2, 0) is 27.3 Å². The van der Waals surface area contributed by atoms with Crippen LogP contribution in [0.1, 0.15) is 107 Å². The van der Waals surface area contributed by atoms with Gasteiger partial charge in [-0.15, -0.1) is 0 Å². The van der Waals surface area contributed by atoms with Crippen LogP contribution < -0.4 is 4.74 Å². The number of Topliss-reactive ketones (excluding diaryl/α,β-unsaturated/α-hetero) is 3. The first kappa shape index (κ1) is 31.1. The SMILES string of the molecule is CCC(=O)[C@@H]1C[C@]23CCC(=O)CC(C)(C)CCCCc4cc(Oc5ncc(C)cn5)cc5c(C(C)=O)cn(c45)CC(=O)N1[C@@H]2C3. The maximum Gasteiger partial charge on any atom is 0.321 e. The number of piperidine rings is 1. The fraction of sp³-hybridized carbons (Fsp3) is 0.556. The van der Waals surface area contributed by atoms with E-state index in [0.717, 1.165) is 54.1 Å². The highest BCUT2D eigenvalue weighted by atomic mass is 16.5. The topological polar surface area (TPSA) is 111 Å². The van der Waals surface area contributed by atoms with E-state index >= 15 is 0 Å². The van der Waals surface area contributed by atoms with Crippen molar-refractivity contribution in [3.8, 4) is 11.8 Å². The average molecular weight is 613 g/mol. The number of rotatable bonds is 5. The van der Waals surface area contributed by atoms with Gasteiger partial charge in [0.1, 0.15) is 18.1 Å². The molecular weight excluding hydrogens is 568 g/mol. The zero-order valence-electron chi connectivity index (χ0n) is 27.1. The van der Waals surface area contributed by atoms with E-state index in [-0.39, 0.29) is 52.7 Å². The third-order valence-corrected chi connectivity index (χ3v) is 10.2. The zero-order chi connectivity index (χ0) is 32.1. The molecular formula is C36H44N4O5. The molecule has 1 amide bonds. The third kappa shape index (κ3) is 6.18. The number of nitrogens with zero attached hydrogens (tertiary/aromatic N) is 4. The smallest absolute Gasteiger partial charge is 0.321 e. The maximum absolute atomic E-state index is 14.2. The van der Waals surface area contributed by atoms with Gasteiger partial charge < -0.3 is 14.2 Å². The van der Waals surface area contributed by atoms with Crippen LogP contribution in [0.5, 0.6) is 11.8 Å². The van der Waals surface area contributed by atoms with Gasteiger partial charge in [0.2, 0.25) is 5.91 Å². The van der Waals surface area contributed by atoms with Crippen LogP contribution in [0.2, 0.25) is 0 Å². The summed E-state index contributed by atoms with van der Waals surface area (Å²) in [6.45, 7) is 9.66. The van der Waals surface area contributed by atoms with Crippen LogP contribution >= 0.6 is 0 Å². The van der Waals surface area contributed by atoms with Gasteiger partial charge in [0.25, 0.3) is 0 Å². The molecule has 2 bridgehead atoms. The van der Waals surface area contributed by atoms with Gasteiger partial charge in [-0.2, -0.15) is 0 Å². The first-order chi connectivity index (χ1) is 21.4. The number of ketones is 3. The van der Waals surface area contributed by atoms with E-state index in [4.69, 9.17) is 4.74 Å². The molecule has 3 aliphatic rings. The Bertz CT molecular complexity index is 1670. The van der Waals surface area contributed by atoms with Crippen molar-refractivity contribution in [2.45, 2.75) is 117 Å². The summed E-state index contributed by atoms with van der Waals surface area (Å²) < 4.78 is 7.99. The molecule has 238 valence electrons. The molecule has 2 aromatic heterocycles. The zero-order valence-corrected chi connectivity index (χ0v) is 27.1. The molecule has 2 fully saturated rings. The van der Waals surface area contributed by atoms with Crippen LogP contribution in [0.3, 0.4) is 0 Å². The average Bonchev–Trinajstić information content (AvgIpc) is 3.40. The predicted molar refractivity (Wildman–Crippen MR) is 170 cm³/mol. The lowest BCUT2D eigenvalue weighted by Gasteiger charge is -2.27. The highest BCUT2D eigenvalue weighted by Crippen LogP contribution is 2.62. The van der Waals surface area contributed by atoms with E-state index in [9.17, 15) is 19.2 Å². The van der Waals surface area contributed by atoms with E-state index in [1.807, 2.05) is 35.4 Å². The first-order valence-corrected chi connectivity index (χ1v) is 16.4. The summed E-state index contributed by atoms with van der Waals surface area (Å²) in [6.07, 6.45) is 12.2. The third-order valence-electron chi connectivity index (χ3n) is 10.2. The standard InChI is InChI=1S/C36H44N4O5/c1-6-30(43)29-16-36-12-10-25(42)15-35(4,5)11-8-7-9-24-13-26(45-34-37-18-22(2)19-38-34)14-27-28(23(3)41)20-39(33(24)27)21-32(44)40(29)31(36)17-36/h13-14,18-20,29,31H,6-12,15-17,21H2,1-5H3/t29-,31+,36-/m0/s1. The molecule has 6 rings (SSSR count). The summed E-state index contributed by atoms with van der Waals surface area (Å²) in [7, 11) is 0. The van der Waals surface area contributed by atoms with E-state index in [1.165, 1.54) is 6.92 Å². The van der Waals surface area contributed by atoms with Gasteiger partial charge in [-0.25, -0.2) is 9.97 Å². The summed E-state index contributed by atoms with van der Waals surface area (Å²) in [5.41, 5.74) is 2.98. The minimum absolute atomic E-state index is 0.0231. The van der Waals surface area contributed by atoms with Crippen LogP contribution in [-0.4, -0.2) is 54.8 Å².